The molecule has 1 aromatic heterocycles. The van der Waals surface area contributed by atoms with Crippen molar-refractivity contribution >= 4 is 26.0 Å². The molecule has 0 atom stereocenters. The van der Waals surface area contributed by atoms with E-state index in [1.165, 1.54) is 28.6 Å². The zero-order chi connectivity index (χ0) is 20.4. The van der Waals surface area contributed by atoms with Gasteiger partial charge in [0, 0.05) is 24.5 Å². The second-order valence-electron chi connectivity index (χ2n) is 6.19. The Labute approximate surface area is 164 Å². The summed E-state index contributed by atoms with van der Waals surface area (Å²) in [6.07, 6.45) is 0. The van der Waals surface area contributed by atoms with Crippen LogP contribution in [0, 0.1) is 13.8 Å². The van der Waals surface area contributed by atoms with Gasteiger partial charge in [0.1, 0.15) is 0 Å². The van der Waals surface area contributed by atoms with Crippen LogP contribution in [-0.2, 0) is 24.8 Å². The zero-order valence-corrected chi connectivity index (χ0v) is 17.0. The van der Waals surface area contributed by atoms with Crippen molar-refractivity contribution in [3.8, 4) is 0 Å². The fourth-order valence-corrected chi connectivity index (χ4v) is 4.93. The van der Waals surface area contributed by atoms with Gasteiger partial charge in [0.15, 0.2) is 0 Å². The maximum atomic E-state index is 12.6. The van der Waals surface area contributed by atoms with Crippen LogP contribution in [0.3, 0.4) is 0 Å². The van der Waals surface area contributed by atoms with Crippen molar-refractivity contribution in [2.75, 3.05) is 31.7 Å². The number of aryl methyl sites for hydroxylation is 2. The molecule has 10 nitrogen and oxygen atoms in total. The number of benzene rings is 1. The molecular weight excluding hydrogens is 406 g/mol. The molecule has 0 unspecified atom stereocenters. The van der Waals surface area contributed by atoms with Crippen LogP contribution in [0.5, 0.6) is 0 Å². The lowest BCUT2D eigenvalue weighted by Crippen LogP contribution is -2.40. The first-order valence-corrected chi connectivity index (χ1v) is 11.4. The second-order valence-corrected chi connectivity index (χ2v) is 9.81. The van der Waals surface area contributed by atoms with E-state index in [4.69, 9.17) is 4.74 Å². The molecular formula is C16H21N5O5S2. The molecule has 1 fully saturated rings. The molecule has 28 heavy (non-hydrogen) atoms. The molecule has 0 saturated carbocycles. The summed E-state index contributed by atoms with van der Waals surface area (Å²) in [6, 6.07) is 6.77. The van der Waals surface area contributed by atoms with Crippen molar-refractivity contribution in [1.29, 1.82) is 0 Å². The Bertz CT molecular complexity index is 1030. The molecule has 152 valence electrons. The van der Waals surface area contributed by atoms with Crippen LogP contribution in [0.15, 0.2) is 40.1 Å². The Hall–Kier alpha value is -2.12. The van der Waals surface area contributed by atoms with E-state index in [9.17, 15) is 16.8 Å². The molecule has 0 amide bonds. The number of rotatable bonds is 6. The van der Waals surface area contributed by atoms with Crippen LogP contribution in [0.2, 0.25) is 0 Å². The van der Waals surface area contributed by atoms with E-state index < -0.39 is 20.0 Å². The van der Waals surface area contributed by atoms with Gasteiger partial charge in [0.05, 0.1) is 23.0 Å². The summed E-state index contributed by atoms with van der Waals surface area (Å²) in [4.78, 5) is 10.3. The van der Waals surface area contributed by atoms with Gasteiger partial charge < -0.3 is 4.74 Å². The minimum absolute atomic E-state index is 0.0268. The van der Waals surface area contributed by atoms with Crippen molar-refractivity contribution in [2.24, 2.45) is 0 Å². The number of ether oxygens (including phenoxy) is 1. The first kappa shape index (κ1) is 20.6. The molecule has 1 aliphatic rings. The van der Waals surface area contributed by atoms with E-state index in [1.807, 2.05) is 0 Å². The average molecular weight is 428 g/mol. The van der Waals surface area contributed by atoms with Crippen LogP contribution in [-0.4, -0.2) is 57.4 Å². The van der Waals surface area contributed by atoms with Crippen molar-refractivity contribution in [1.82, 2.24) is 19.1 Å². The predicted octanol–water partition coefficient (Wildman–Crippen LogP) is 0.420. The summed E-state index contributed by atoms with van der Waals surface area (Å²) >= 11 is 0. The highest BCUT2D eigenvalue weighted by atomic mass is 32.2. The van der Waals surface area contributed by atoms with Gasteiger partial charge in [-0.15, -0.1) is 4.83 Å². The largest absolute Gasteiger partial charge is 0.379 e. The van der Waals surface area contributed by atoms with E-state index in [0.29, 0.717) is 24.6 Å². The maximum Gasteiger partial charge on any atom is 0.257 e. The van der Waals surface area contributed by atoms with Gasteiger partial charge >= 0.3 is 0 Å². The van der Waals surface area contributed by atoms with Crippen LogP contribution >= 0.6 is 0 Å². The molecule has 1 saturated heterocycles. The van der Waals surface area contributed by atoms with E-state index in [0.717, 1.165) is 0 Å². The van der Waals surface area contributed by atoms with Crippen molar-refractivity contribution < 1.29 is 21.6 Å². The fraction of sp³-hybridized carbons (Fsp3) is 0.375. The van der Waals surface area contributed by atoms with Crippen LogP contribution in [0.1, 0.15) is 11.4 Å². The molecule has 3 rings (SSSR count). The van der Waals surface area contributed by atoms with Gasteiger partial charge in [0.25, 0.3) is 10.0 Å². The lowest BCUT2D eigenvalue weighted by molar-refractivity contribution is 0.0730. The first-order valence-electron chi connectivity index (χ1n) is 8.46. The topological polar surface area (TPSA) is 131 Å². The first-order chi connectivity index (χ1) is 13.2. The number of sulfonamides is 2. The Morgan fingerprint density at radius 1 is 0.929 bits per heavy atom. The van der Waals surface area contributed by atoms with Gasteiger partial charge in [-0.1, -0.05) is 0 Å². The third kappa shape index (κ3) is 4.64. The summed E-state index contributed by atoms with van der Waals surface area (Å²) in [6.45, 7) is 4.74. The van der Waals surface area contributed by atoms with Gasteiger partial charge in [-0.3, -0.25) is 5.43 Å². The zero-order valence-electron chi connectivity index (χ0n) is 15.4. The summed E-state index contributed by atoms with van der Waals surface area (Å²) < 4.78 is 56.5. The summed E-state index contributed by atoms with van der Waals surface area (Å²) in [5, 5.41) is 0. The summed E-state index contributed by atoms with van der Waals surface area (Å²) in [5.41, 5.74) is 3.83. The third-order valence-electron chi connectivity index (χ3n) is 4.02. The van der Waals surface area contributed by atoms with Gasteiger partial charge in [-0.2, -0.15) is 4.31 Å². The number of nitrogens with one attached hydrogen (secondary N) is 2. The van der Waals surface area contributed by atoms with E-state index in [2.05, 4.69) is 20.2 Å². The van der Waals surface area contributed by atoms with Gasteiger partial charge in [-0.25, -0.2) is 26.8 Å². The van der Waals surface area contributed by atoms with Crippen LogP contribution < -0.4 is 10.3 Å². The second kappa shape index (κ2) is 8.09. The lowest BCUT2D eigenvalue weighted by Gasteiger charge is -2.26. The van der Waals surface area contributed by atoms with E-state index in [-0.39, 0.29) is 28.8 Å². The third-order valence-corrected chi connectivity index (χ3v) is 7.20. The molecule has 2 aromatic rings. The maximum absolute atomic E-state index is 12.6. The normalized spacial score (nSPS) is 16.1. The molecule has 0 radical (unpaired) electrons. The van der Waals surface area contributed by atoms with E-state index >= 15 is 0 Å². The number of aromatic nitrogens is 2. The highest BCUT2D eigenvalue weighted by Crippen LogP contribution is 2.19. The fourth-order valence-electron chi connectivity index (χ4n) is 2.68. The minimum Gasteiger partial charge on any atom is -0.379 e. The number of hydrazine groups is 1. The SMILES string of the molecule is Cc1cc(C)nc(NNS(=O)(=O)c2ccc(S(=O)(=O)N3CCOCC3)cc2)n1. The number of hydrogen-bond donors (Lipinski definition) is 2. The smallest absolute Gasteiger partial charge is 0.257 e. The number of morpholine rings is 1. The van der Waals surface area contributed by atoms with Crippen LogP contribution in [0.4, 0.5) is 5.95 Å². The Balaban J connectivity index is 1.74. The predicted molar refractivity (Wildman–Crippen MR) is 101 cm³/mol. The molecule has 2 heterocycles. The summed E-state index contributed by atoms with van der Waals surface area (Å²) in [5.74, 6) is 0.118. The van der Waals surface area contributed by atoms with E-state index in [1.54, 1.807) is 19.9 Å². The van der Waals surface area contributed by atoms with Crippen LogP contribution in [0.25, 0.3) is 0 Å². The Morgan fingerprint density at radius 2 is 1.46 bits per heavy atom. The highest BCUT2D eigenvalue weighted by Gasteiger charge is 2.26. The molecule has 0 aliphatic carbocycles. The Morgan fingerprint density at radius 3 is 2.04 bits per heavy atom. The quantitative estimate of drug-likeness (QED) is 0.634. The molecule has 1 aromatic carbocycles. The standard InChI is InChI=1S/C16H21N5O5S2/c1-12-11-13(2)18-16(17-12)19-20-27(22,23)14-3-5-15(6-4-14)28(24,25)21-7-9-26-10-8-21/h3-6,11,20H,7-10H2,1-2H3,(H,17,18,19). The van der Waals surface area contributed by atoms with Crippen molar-refractivity contribution in [2.45, 2.75) is 23.6 Å². The van der Waals surface area contributed by atoms with Crippen molar-refractivity contribution in [3.05, 3.63) is 41.7 Å². The van der Waals surface area contributed by atoms with Crippen molar-refractivity contribution in [3.63, 3.8) is 0 Å². The molecule has 12 heteroatoms. The highest BCUT2D eigenvalue weighted by molar-refractivity contribution is 7.89. The number of anilines is 1. The monoisotopic (exact) mass is 427 g/mol. The lowest BCUT2D eigenvalue weighted by atomic mass is 10.4. The number of hydrogen-bond acceptors (Lipinski definition) is 8. The average Bonchev–Trinajstić information content (AvgIpc) is 2.66. The molecule has 0 spiro atoms. The minimum atomic E-state index is -3.94. The Kier molecular flexibility index (Phi) is 5.95. The summed E-state index contributed by atoms with van der Waals surface area (Å²) in [7, 11) is -7.63. The van der Waals surface area contributed by atoms with Gasteiger partial charge in [0.2, 0.25) is 16.0 Å². The van der Waals surface area contributed by atoms with Gasteiger partial charge in [-0.05, 0) is 44.2 Å². The molecule has 1 aliphatic heterocycles. The molecule has 2 N–H and O–H groups in total. The number of nitrogens with zero attached hydrogens (tertiary/aromatic N) is 3. The molecule has 0 bridgehead atoms.